The maximum absolute atomic E-state index is 13.3. The Morgan fingerprint density at radius 2 is 1.73 bits per heavy atom. The lowest BCUT2D eigenvalue weighted by Crippen LogP contribution is -2.13. The van der Waals surface area contributed by atoms with Crippen LogP contribution >= 0.6 is 0 Å². The third-order valence-electron chi connectivity index (χ3n) is 4.15. The standard InChI is InChI=1S/C22H21FN2O/c1-22(2,3)17-8-10-19(11-9-17)25-21(26)16-7-12-20(24-14-16)15-5-4-6-18(23)13-15/h4-14H,1-3H3,(H,25,26). The number of pyridine rings is 1. The Balaban J connectivity index is 1.72. The molecule has 0 saturated heterocycles. The van der Waals surface area contributed by atoms with Crippen LogP contribution in [-0.2, 0) is 5.41 Å². The van der Waals surface area contributed by atoms with E-state index in [9.17, 15) is 9.18 Å². The first kappa shape index (κ1) is 17.8. The number of rotatable bonds is 3. The monoisotopic (exact) mass is 348 g/mol. The molecule has 3 aromatic rings. The van der Waals surface area contributed by atoms with Gasteiger partial charge in [-0.15, -0.1) is 0 Å². The lowest BCUT2D eigenvalue weighted by Gasteiger charge is -2.19. The number of hydrogen-bond donors (Lipinski definition) is 1. The van der Waals surface area contributed by atoms with Crippen molar-refractivity contribution < 1.29 is 9.18 Å². The van der Waals surface area contributed by atoms with Crippen LogP contribution in [0.15, 0.2) is 66.9 Å². The van der Waals surface area contributed by atoms with E-state index >= 15 is 0 Å². The number of amides is 1. The van der Waals surface area contributed by atoms with Gasteiger partial charge >= 0.3 is 0 Å². The van der Waals surface area contributed by atoms with Gasteiger partial charge in [0.25, 0.3) is 5.91 Å². The van der Waals surface area contributed by atoms with Crippen molar-refractivity contribution in [3.8, 4) is 11.3 Å². The van der Waals surface area contributed by atoms with Crippen molar-refractivity contribution in [2.24, 2.45) is 0 Å². The third-order valence-corrected chi connectivity index (χ3v) is 4.15. The van der Waals surface area contributed by atoms with Crippen molar-refractivity contribution in [1.29, 1.82) is 0 Å². The summed E-state index contributed by atoms with van der Waals surface area (Å²) in [5.74, 6) is -0.545. The summed E-state index contributed by atoms with van der Waals surface area (Å²) in [6.45, 7) is 6.44. The van der Waals surface area contributed by atoms with Crippen LogP contribution in [-0.4, -0.2) is 10.9 Å². The van der Waals surface area contributed by atoms with E-state index in [4.69, 9.17) is 0 Å². The second-order valence-corrected chi connectivity index (χ2v) is 7.22. The summed E-state index contributed by atoms with van der Waals surface area (Å²) in [5, 5.41) is 2.87. The van der Waals surface area contributed by atoms with Gasteiger partial charge in [0.15, 0.2) is 0 Å². The fourth-order valence-electron chi connectivity index (χ4n) is 2.60. The van der Waals surface area contributed by atoms with Gasteiger partial charge in [0.05, 0.1) is 11.3 Å². The molecule has 132 valence electrons. The first-order chi connectivity index (χ1) is 12.3. The SMILES string of the molecule is CC(C)(C)c1ccc(NC(=O)c2ccc(-c3cccc(F)c3)nc2)cc1. The first-order valence-electron chi connectivity index (χ1n) is 8.47. The summed E-state index contributed by atoms with van der Waals surface area (Å²) in [5.41, 5.74) is 3.75. The molecule has 3 rings (SSSR count). The molecule has 0 spiro atoms. The molecule has 0 aliphatic rings. The zero-order valence-corrected chi connectivity index (χ0v) is 15.1. The number of carbonyl (C=O) groups is 1. The van der Waals surface area contributed by atoms with Crippen LogP contribution in [0, 0.1) is 5.82 Å². The summed E-state index contributed by atoms with van der Waals surface area (Å²) >= 11 is 0. The Labute approximate surface area is 152 Å². The largest absolute Gasteiger partial charge is 0.322 e. The minimum absolute atomic E-state index is 0.0687. The van der Waals surface area contributed by atoms with Crippen molar-refractivity contribution in [1.82, 2.24) is 4.98 Å². The van der Waals surface area contributed by atoms with E-state index in [1.807, 2.05) is 24.3 Å². The van der Waals surface area contributed by atoms with Crippen molar-refractivity contribution in [2.45, 2.75) is 26.2 Å². The molecule has 0 unspecified atom stereocenters. The van der Waals surface area contributed by atoms with Crippen LogP contribution in [0.25, 0.3) is 11.3 Å². The van der Waals surface area contributed by atoms with E-state index in [2.05, 4.69) is 31.1 Å². The Morgan fingerprint density at radius 3 is 2.31 bits per heavy atom. The molecule has 1 amide bonds. The molecule has 1 heterocycles. The number of halogens is 1. The van der Waals surface area contributed by atoms with E-state index in [1.165, 1.54) is 23.9 Å². The Hall–Kier alpha value is -3.01. The predicted molar refractivity (Wildman–Crippen MR) is 103 cm³/mol. The average Bonchev–Trinajstić information content (AvgIpc) is 2.61. The van der Waals surface area contributed by atoms with Gasteiger partial charge in [0.1, 0.15) is 5.82 Å². The maximum atomic E-state index is 13.3. The number of hydrogen-bond acceptors (Lipinski definition) is 2. The second kappa shape index (κ2) is 7.08. The fraction of sp³-hybridized carbons (Fsp3) is 0.182. The van der Waals surface area contributed by atoms with Gasteiger partial charge in [-0.05, 0) is 47.4 Å². The second-order valence-electron chi connectivity index (χ2n) is 7.22. The van der Waals surface area contributed by atoms with Crippen molar-refractivity contribution in [3.63, 3.8) is 0 Å². The zero-order chi connectivity index (χ0) is 18.7. The lowest BCUT2D eigenvalue weighted by atomic mass is 9.87. The van der Waals surface area contributed by atoms with Gasteiger partial charge in [0.2, 0.25) is 0 Å². The molecular formula is C22H21FN2O. The molecule has 1 N–H and O–H groups in total. The molecule has 4 heteroatoms. The predicted octanol–water partition coefficient (Wildman–Crippen LogP) is 5.44. The first-order valence-corrected chi connectivity index (χ1v) is 8.47. The normalized spacial score (nSPS) is 11.2. The fourth-order valence-corrected chi connectivity index (χ4v) is 2.60. The summed E-state index contributed by atoms with van der Waals surface area (Å²) < 4.78 is 13.3. The maximum Gasteiger partial charge on any atom is 0.257 e. The third kappa shape index (κ3) is 4.14. The molecule has 1 aromatic heterocycles. The Bertz CT molecular complexity index is 910. The van der Waals surface area contributed by atoms with Gasteiger partial charge in [0, 0.05) is 17.4 Å². The smallest absolute Gasteiger partial charge is 0.257 e. The minimum Gasteiger partial charge on any atom is -0.322 e. The highest BCUT2D eigenvalue weighted by Crippen LogP contribution is 2.24. The van der Waals surface area contributed by atoms with Crippen LogP contribution in [0.5, 0.6) is 0 Å². The van der Waals surface area contributed by atoms with Crippen LogP contribution in [0.4, 0.5) is 10.1 Å². The molecule has 0 radical (unpaired) electrons. The molecule has 2 aromatic carbocycles. The van der Waals surface area contributed by atoms with E-state index in [1.54, 1.807) is 24.3 Å². The summed E-state index contributed by atoms with van der Waals surface area (Å²) in [7, 11) is 0. The zero-order valence-electron chi connectivity index (χ0n) is 15.1. The highest BCUT2D eigenvalue weighted by atomic mass is 19.1. The van der Waals surface area contributed by atoms with Crippen molar-refractivity contribution >= 4 is 11.6 Å². The number of anilines is 1. The number of nitrogens with one attached hydrogen (secondary N) is 1. The lowest BCUT2D eigenvalue weighted by molar-refractivity contribution is 0.102. The number of nitrogens with zero attached hydrogens (tertiary/aromatic N) is 1. The van der Waals surface area contributed by atoms with Gasteiger partial charge in [-0.2, -0.15) is 0 Å². The summed E-state index contributed by atoms with van der Waals surface area (Å²) in [4.78, 5) is 16.7. The van der Waals surface area contributed by atoms with Crippen LogP contribution in [0.2, 0.25) is 0 Å². The molecule has 0 aliphatic heterocycles. The Morgan fingerprint density at radius 1 is 1.00 bits per heavy atom. The highest BCUT2D eigenvalue weighted by Gasteiger charge is 2.13. The van der Waals surface area contributed by atoms with Gasteiger partial charge in [-0.25, -0.2) is 4.39 Å². The molecule has 0 bridgehead atoms. The number of carbonyl (C=O) groups excluding carboxylic acids is 1. The minimum atomic E-state index is -0.315. The number of aromatic nitrogens is 1. The van der Waals surface area contributed by atoms with E-state index in [0.29, 0.717) is 16.8 Å². The van der Waals surface area contributed by atoms with E-state index < -0.39 is 0 Å². The van der Waals surface area contributed by atoms with Crippen LogP contribution in [0.1, 0.15) is 36.7 Å². The van der Waals surface area contributed by atoms with E-state index in [0.717, 1.165) is 5.69 Å². The molecule has 0 saturated carbocycles. The van der Waals surface area contributed by atoms with Crippen LogP contribution in [0.3, 0.4) is 0 Å². The molecular weight excluding hydrogens is 327 g/mol. The summed E-state index contributed by atoms with van der Waals surface area (Å²) in [6.07, 6.45) is 1.50. The molecule has 0 fully saturated rings. The van der Waals surface area contributed by atoms with E-state index in [-0.39, 0.29) is 17.1 Å². The average molecular weight is 348 g/mol. The van der Waals surface area contributed by atoms with Gasteiger partial charge < -0.3 is 5.32 Å². The topological polar surface area (TPSA) is 42.0 Å². The molecule has 3 nitrogen and oxygen atoms in total. The summed E-state index contributed by atoms with van der Waals surface area (Å²) in [6, 6.07) is 17.4. The Kier molecular flexibility index (Phi) is 4.85. The number of benzene rings is 2. The van der Waals surface area contributed by atoms with Gasteiger partial charge in [-0.3, -0.25) is 9.78 Å². The molecule has 0 aliphatic carbocycles. The van der Waals surface area contributed by atoms with Crippen molar-refractivity contribution in [2.75, 3.05) is 5.32 Å². The highest BCUT2D eigenvalue weighted by molar-refractivity contribution is 6.04. The van der Waals surface area contributed by atoms with Crippen molar-refractivity contribution in [3.05, 3.63) is 83.8 Å². The van der Waals surface area contributed by atoms with Gasteiger partial charge in [-0.1, -0.05) is 45.0 Å². The molecule has 26 heavy (non-hydrogen) atoms. The van der Waals surface area contributed by atoms with Crippen LogP contribution < -0.4 is 5.32 Å². The molecule has 0 atom stereocenters. The quantitative estimate of drug-likeness (QED) is 0.685.